The van der Waals surface area contributed by atoms with Gasteiger partial charge in [-0.1, -0.05) is 30.3 Å². The molecule has 0 fully saturated rings. The number of amides is 1. The van der Waals surface area contributed by atoms with Crippen LogP contribution in [0.2, 0.25) is 0 Å². The Hall–Kier alpha value is -3.03. The number of benzene rings is 2. The highest BCUT2D eigenvalue weighted by Crippen LogP contribution is 2.35. The number of ether oxygens (including phenoxy) is 1. The van der Waals surface area contributed by atoms with Crippen LogP contribution < -0.4 is 10.1 Å². The van der Waals surface area contributed by atoms with E-state index >= 15 is 0 Å². The highest BCUT2D eigenvalue weighted by Gasteiger charge is 2.11. The van der Waals surface area contributed by atoms with Crippen molar-refractivity contribution in [1.29, 1.82) is 0 Å². The van der Waals surface area contributed by atoms with E-state index in [2.05, 4.69) is 10.3 Å². The molecule has 1 amide bonds. The van der Waals surface area contributed by atoms with Crippen molar-refractivity contribution in [3.05, 3.63) is 77.9 Å². The zero-order chi connectivity index (χ0) is 19.3. The monoisotopic (exact) mass is 410 g/mol. The average molecular weight is 410 g/mol. The Morgan fingerprint density at radius 3 is 2.54 bits per heavy atom. The summed E-state index contributed by atoms with van der Waals surface area (Å²) in [6.45, 7) is -0.0767. The molecular weight excluding hydrogens is 395 g/mol. The van der Waals surface area contributed by atoms with Gasteiger partial charge < -0.3 is 4.74 Å². The van der Waals surface area contributed by atoms with Gasteiger partial charge in [0.25, 0.3) is 5.91 Å². The van der Waals surface area contributed by atoms with Crippen LogP contribution >= 0.6 is 22.7 Å². The van der Waals surface area contributed by atoms with E-state index in [9.17, 15) is 9.18 Å². The molecule has 0 saturated carbocycles. The first-order chi connectivity index (χ1) is 13.7. The predicted molar refractivity (Wildman–Crippen MR) is 111 cm³/mol. The Labute approximate surface area is 169 Å². The summed E-state index contributed by atoms with van der Waals surface area (Å²) in [6, 6.07) is 19.5. The van der Waals surface area contributed by atoms with Crippen molar-refractivity contribution in [2.45, 2.75) is 0 Å². The van der Waals surface area contributed by atoms with Gasteiger partial charge in [-0.2, -0.15) is 0 Å². The number of hydrogen-bond acceptors (Lipinski definition) is 5. The minimum atomic E-state index is -0.261. The van der Waals surface area contributed by atoms with Crippen molar-refractivity contribution in [2.24, 2.45) is 0 Å². The number of thiazole rings is 1. The second-order valence-corrected chi connectivity index (χ2v) is 7.80. The third kappa shape index (κ3) is 4.44. The number of carbonyl (C=O) groups excluding carboxylic acids is 1. The van der Waals surface area contributed by atoms with Gasteiger partial charge in [0.15, 0.2) is 11.7 Å². The third-order valence-electron chi connectivity index (χ3n) is 3.85. The van der Waals surface area contributed by atoms with Crippen LogP contribution in [0, 0.1) is 5.82 Å². The van der Waals surface area contributed by atoms with Crippen molar-refractivity contribution in [3.8, 4) is 26.8 Å². The Morgan fingerprint density at radius 1 is 1.00 bits per heavy atom. The number of hydrogen-bond donors (Lipinski definition) is 1. The van der Waals surface area contributed by atoms with Crippen molar-refractivity contribution < 1.29 is 13.9 Å². The molecule has 0 bridgehead atoms. The molecule has 4 rings (SSSR count). The lowest BCUT2D eigenvalue weighted by molar-refractivity contribution is -0.118. The molecule has 2 aromatic heterocycles. The number of thiophene rings is 1. The van der Waals surface area contributed by atoms with Crippen LogP contribution in [0.4, 0.5) is 9.52 Å². The number of halogens is 1. The summed E-state index contributed by atoms with van der Waals surface area (Å²) < 4.78 is 18.5. The Morgan fingerprint density at radius 2 is 1.75 bits per heavy atom. The molecule has 28 heavy (non-hydrogen) atoms. The van der Waals surface area contributed by atoms with Crippen molar-refractivity contribution in [2.75, 3.05) is 11.9 Å². The zero-order valence-corrected chi connectivity index (χ0v) is 16.2. The zero-order valence-electron chi connectivity index (χ0n) is 14.6. The van der Waals surface area contributed by atoms with Crippen LogP contribution in [0.15, 0.2) is 72.1 Å². The van der Waals surface area contributed by atoms with Gasteiger partial charge in [-0.15, -0.1) is 22.7 Å². The standard InChI is InChI=1S/C21H15FN2O2S2/c22-15-8-6-14(7-9-15)18-10-11-19(28-18)17-13-27-21(23-17)24-20(25)12-26-16-4-2-1-3-5-16/h1-11,13H,12H2,(H,23,24,25). The normalized spacial score (nSPS) is 10.6. The first kappa shape index (κ1) is 18.3. The number of para-hydroxylation sites is 1. The molecule has 0 aliphatic heterocycles. The van der Waals surface area contributed by atoms with Gasteiger partial charge in [-0.3, -0.25) is 10.1 Å². The molecule has 2 heterocycles. The molecule has 0 atom stereocenters. The highest BCUT2D eigenvalue weighted by molar-refractivity contribution is 7.19. The third-order valence-corrected chi connectivity index (χ3v) is 5.77. The maximum Gasteiger partial charge on any atom is 0.264 e. The molecule has 0 saturated heterocycles. The molecule has 0 aliphatic carbocycles. The fourth-order valence-electron chi connectivity index (χ4n) is 2.51. The lowest BCUT2D eigenvalue weighted by atomic mass is 10.2. The molecule has 4 aromatic rings. The Bertz CT molecular complexity index is 1080. The molecule has 1 N–H and O–H groups in total. The summed E-state index contributed by atoms with van der Waals surface area (Å²) in [6.07, 6.45) is 0. The lowest BCUT2D eigenvalue weighted by Gasteiger charge is -2.05. The lowest BCUT2D eigenvalue weighted by Crippen LogP contribution is -2.19. The Kier molecular flexibility index (Phi) is 5.45. The summed E-state index contributed by atoms with van der Waals surface area (Å²) in [4.78, 5) is 18.5. The number of anilines is 1. The van der Waals surface area contributed by atoms with Gasteiger partial charge in [-0.25, -0.2) is 9.37 Å². The van der Waals surface area contributed by atoms with Crippen LogP contribution in [0.1, 0.15) is 0 Å². The molecule has 2 aromatic carbocycles. The van der Waals surface area contributed by atoms with Gasteiger partial charge in [-0.05, 0) is 42.0 Å². The molecule has 140 valence electrons. The second-order valence-electron chi connectivity index (χ2n) is 5.86. The van der Waals surface area contributed by atoms with Crippen LogP contribution in [0.5, 0.6) is 5.75 Å². The van der Waals surface area contributed by atoms with Gasteiger partial charge >= 0.3 is 0 Å². The highest BCUT2D eigenvalue weighted by atomic mass is 32.1. The van der Waals surface area contributed by atoms with Gasteiger partial charge in [0.05, 0.1) is 10.6 Å². The second kappa shape index (κ2) is 8.33. The maximum atomic E-state index is 13.1. The van der Waals surface area contributed by atoms with E-state index in [-0.39, 0.29) is 18.3 Å². The SMILES string of the molecule is O=C(COc1ccccc1)Nc1nc(-c2ccc(-c3ccc(F)cc3)s2)cs1. The van der Waals surface area contributed by atoms with Gasteiger partial charge in [0, 0.05) is 10.3 Å². The fraction of sp³-hybridized carbons (Fsp3) is 0.0476. The Balaban J connectivity index is 1.39. The van der Waals surface area contributed by atoms with Crippen LogP contribution in [0.3, 0.4) is 0 Å². The topological polar surface area (TPSA) is 51.2 Å². The molecule has 0 radical (unpaired) electrons. The average Bonchev–Trinajstić information content (AvgIpc) is 3.37. The van der Waals surface area contributed by atoms with E-state index in [1.54, 1.807) is 35.6 Å². The van der Waals surface area contributed by atoms with Crippen molar-refractivity contribution in [3.63, 3.8) is 0 Å². The number of carbonyl (C=O) groups is 1. The van der Waals surface area contributed by atoms with E-state index in [0.717, 1.165) is 21.0 Å². The summed E-state index contributed by atoms with van der Waals surface area (Å²) in [5, 5.41) is 5.17. The summed E-state index contributed by atoms with van der Waals surface area (Å²) in [5.41, 5.74) is 1.75. The first-order valence-corrected chi connectivity index (χ1v) is 10.2. The molecule has 0 spiro atoms. The van der Waals surface area contributed by atoms with E-state index in [0.29, 0.717) is 10.9 Å². The summed E-state index contributed by atoms with van der Waals surface area (Å²) in [7, 11) is 0. The number of nitrogens with zero attached hydrogens (tertiary/aromatic N) is 1. The van der Waals surface area contributed by atoms with Gasteiger partial charge in [0.1, 0.15) is 11.6 Å². The van der Waals surface area contributed by atoms with Crippen LogP contribution in [-0.4, -0.2) is 17.5 Å². The minimum Gasteiger partial charge on any atom is -0.484 e. The van der Waals surface area contributed by atoms with E-state index in [1.807, 2.05) is 35.7 Å². The van der Waals surface area contributed by atoms with E-state index in [1.165, 1.54) is 23.5 Å². The molecule has 7 heteroatoms. The van der Waals surface area contributed by atoms with E-state index < -0.39 is 0 Å². The minimum absolute atomic E-state index is 0.0767. The molecule has 0 aliphatic rings. The summed E-state index contributed by atoms with van der Waals surface area (Å²) in [5.74, 6) is 0.129. The van der Waals surface area contributed by atoms with Crippen LogP contribution in [0.25, 0.3) is 21.0 Å². The predicted octanol–water partition coefficient (Wildman–Crippen LogP) is 5.70. The number of aromatic nitrogens is 1. The quantitative estimate of drug-likeness (QED) is 0.444. The van der Waals surface area contributed by atoms with Crippen molar-refractivity contribution in [1.82, 2.24) is 4.98 Å². The smallest absolute Gasteiger partial charge is 0.264 e. The number of nitrogens with one attached hydrogen (secondary N) is 1. The molecular formula is C21H15FN2O2S2. The van der Waals surface area contributed by atoms with Crippen LogP contribution in [-0.2, 0) is 4.79 Å². The largest absolute Gasteiger partial charge is 0.484 e. The number of rotatable bonds is 6. The summed E-state index contributed by atoms with van der Waals surface area (Å²) >= 11 is 2.93. The van der Waals surface area contributed by atoms with E-state index in [4.69, 9.17) is 4.74 Å². The first-order valence-electron chi connectivity index (χ1n) is 8.47. The molecule has 4 nitrogen and oxygen atoms in total. The van der Waals surface area contributed by atoms with Gasteiger partial charge in [0.2, 0.25) is 0 Å². The fourth-order valence-corrected chi connectivity index (χ4v) is 4.28. The van der Waals surface area contributed by atoms with Crippen molar-refractivity contribution >= 4 is 33.7 Å². The maximum absolute atomic E-state index is 13.1. The molecule has 0 unspecified atom stereocenters.